The smallest absolute Gasteiger partial charge is 0.254 e. The molecule has 1 aliphatic heterocycles. The van der Waals surface area contributed by atoms with Crippen molar-refractivity contribution in [2.75, 3.05) is 33.9 Å². The minimum atomic E-state index is -0.433. The second kappa shape index (κ2) is 10.6. The summed E-state index contributed by atoms with van der Waals surface area (Å²) < 4.78 is 26.8. The largest absolute Gasteiger partial charge is 0.497 e. The van der Waals surface area contributed by atoms with Gasteiger partial charge in [0, 0.05) is 43.2 Å². The van der Waals surface area contributed by atoms with Crippen LogP contribution in [0.1, 0.15) is 41.0 Å². The average Bonchev–Trinajstić information content (AvgIpc) is 3.36. The molecule has 0 N–H and O–H groups in total. The molecule has 8 heteroatoms. The van der Waals surface area contributed by atoms with Gasteiger partial charge in [-0.2, -0.15) is 0 Å². The molecule has 0 saturated heterocycles. The van der Waals surface area contributed by atoms with Crippen molar-refractivity contribution in [1.82, 2.24) is 14.4 Å². The maximum atomic E-state index is 14.1. The lowest BCUT2D eigenvalue weighted by molar-refractivity contribution is -0.134. The number of methoxy groups -OCH3 is 2. The average molecular weight is 480 g/mol. The van der Waals surface area contributed by atoms with Crippen LogP contribution in [-0.4, -0.2) is 60.0 Å². The molecule has 0 saturated carbocycles. The number of rotatable bonds is 8. The van der Waals surface area contributed by atoms with Crippen molar-refractivity contribution in [3.8, 4) is 11.5 Å². The monoisotopic (exact) mass is 479 g/mol. The van der Waals surface area contributed by atoms with Gasteiger partial charge < -0.3 is 23.8 Å². The van der Waals surface area contributed by atoms with Gasteiger partial charge in [0.1, 0.15) is 23.9 Å². The zero-order chi connectivity index (χ0) is 24.9. The molecular formula is C27H30FN3O4. The molecule has 0 bridgehead atoms. The van der Waals surface area contributed by atoms with Gasteiger partial charge >= 0.3 is 0 Å². The Bertz CT molecular complexity index is 1190. The van der Waals surface area contributed by atoms with Crippen LogP contribution in [-0.2, 0) is 11.3 Å². The Morgan fingerprint density at radius 3 is 2.43 bits per heavy atom. The number of benzene rings is 2. The normalized spacial score (nSPS) is 14.9. The van der Waals surface area contributed by atoms with Gasteiger partial charge in [-0.25, -0.2) is 4.39 Å². The van der Waals surface area contributed by atoms with Gasteiger partial charge in [0.05, 0.1) is 20.3 Å². The topological polar surface area (TPSA) is 64.0 Å². The molecule has 1 atom stereocenters. The first kappa shape index (κ1) is 24.3. The van der Waals surface area contributed by atoms with E-state index in [0.29, 0.717) is 48.7 Å². The van der Waals surface area contributed by atoms with Gasteiger partial charge in [-0.3, -0.25) is 9.59 Å². The van der Waals surface area contributed by atoms with Gasteiger partial charge in [0.2, 0.25) is 5.91 Å². The molecule has 7 nitrogen and oxygen atoms in total. The molecule has 2 heterocycles. The van der Waals surface area contributed by atoms with Crippen molar-refractivity contribution in [3.63, 3.8) is 0 Å². The van der Waals surface area contributed by atoms with Crippen molar-refractivity contribution in [2.45, 2.75) is 25.9 Å². The lowest BCUT2D eigenvalue weighted by Gasteiger charge is -2.38. The van der Waals surface area contributed by atoms with Gasteiger partial charge in [-0.15, -0.1) is 0 Å². The lowest BCUT2D eigenvalue weighted by Crippen LogP contribution is -2.48. The van der Waals surface area contributed by atoms with Crippen molar-refractivity contribution >= 4 is 11.8 Å². The van der Waals surface area contributed by atoms with Crippen molar-refractivity contribution in [3.05, 3.63) is 83.4 Å². The molecule has 35 heavy (non-hydrogen) atoms. The van der Waals surface area contributed by atoms with Crippen molar-refractivity contribution in [2.24, 2.45) is 0 Å². The third-order valence-corrected chi connectivity index (χ3v) is 6.23. The predicted octanol–water partition coefficient (Wildman–Crippen LogP) is 4.13. The summed E-state index contributed by atoms with van der Waals surface area (Å²) in [5, 5.41) is 0. The summed E-state index contributed by atoms with van der Waals surface area (Å²) in [6, 6.07) is 14.8. The molecule has 2 amide bonds. The summed E-state index contributed by atoms with van der Waals surface area (Å²) in [6.45, 7) is 3.38. The van der Waals surface area contributed by atoms with Gasteiger partial charge in [0.25, 0.3) is 5.91 Å². The molecular weight excluding hydrogens is 449 g/mol. The summed E-state index contributed by atoms with van der Waals surface area (Å²) in [5.41, 5.74) is 2.00. The van der Waals surface area contributed by atoms with Gasteiger partial charge in [-0.05, 0) is 48.4 Å². The Hall–Kier alpha value is -3.81. The molecule has 1 unspecified atom stereocenters. The van der Waals surface area contributed by atoms with Crippen LogP contribution in [0.2, 0.25) is 0 Å². The van der Waals surface area contributed by atoms with E-state index in [1.165, 1.54) is 26.4 Å². The number of amides is 2. The predicted molar refractivity (Wildman–Crippen MR) is 130 cm³/mol. The molecule has 1 aliphatic rings. The van der Waals surface area contributed by atoms with Crippen LogP contribution in [0, 0.1) is 5.82 Å². The van der Waals surface area contributed by atoms with E-state index in [1.807, 2.05) is 31.3 Å². The summed E-state index contributed by atoms with van der Waals surface area (Å²) in [5.74, 6) is 0.175. The molecule has 0 aliphatic carbocycles. The number of halogens is 1. The second-order valence-corrected chi connectivity index (χ2v) is 8.50. The highest BCUT2D eigenvalue weighted by Crippen LogP contribution is 2.33. The van der Waals surface area contributed by atoms with E-state index in [-0.39, 0.29) is 24.2 Å². The number of aromatic nitrogens is 1. The van der Waals surface area contributed by atoms with E-state index in [2.05, 4.69) is 4.57 Å². The Labute approximate surface area is 204 Å². The highest BCUT2D eigenvalue weighted by Gasteiger charge is 2.33. The Balaban J connectivity index is 1.62. The van der Waals surface area contributed by atoms with Crippen molar-refractivity contribution < 1.29 is 23.5 Å². The van der Waals surface area contributed by atoms with Crippen LogP contribution in [0.3, 0.4) is 0 Å². The van der Waals surface area contributed by atoms with Crippen molar-refractivity contribution in [1.29, 1.82) is 0 Å². The zero-order valence-corrected chi connectivity index (χ0v) is 20.2. The number of hydrogen-bond donors (Lipinski definition) is 0. The van der Waals surface area contributed by atoms with E-state index >= 15 is 0 Å². The third-order valence-electron chi connectivity index (χ3n) is 6.23. The van der Waals surface area contributed by atoms with E-state index in [0.717, 1.165) is 5.69 Å². The molecule has 1 aromatic heterocycles. The SMILES string of the molecule is CCCN(CC(=O)N1CCn2cccc2C1c1cccc(F)c1)C(=O)c1cc(OC)cc(OC)c1. The summed E-state index contributed by atoms with van der Waals surface area (Å²) >= 11 is 0. The first-order chi connectivity index (χ1) is 16.9. The van der Waals surface area contributed by atoms with Crippen LogP contribution in [0.25, 0.3) is 0 Å². The number of nitrogens with zero attached hydrogens (tertiary/aromatic N) is 3. The fraction of sp³-hybridized carbons (Fsp3) is 0.333. The number of fused-ring (bicyclic) bond motifs is 1. The minimum Gasteiger partial charge on any atom is -0.497 e. The molecule has 0 spiro atoms. The first-order valence-corrected chi connectivity index (χ1v) is 11.7. The Morgan fingerprint density at radius 2 is 1.77 bits per heavy atom. The number of carbonyl (C=O) groups is 2. The van der Waals surface area contributed by atoms with Gasteiger partial charge in [-0.1, -0.05) is 19.1 Å². The van der Waals surface area contributed by atoms with Crippen LogP contribution in [0.4, 0.5) is 4.39 Å². The quantitative estimate of drug-likeness (QED) is 0.488. The maximum Gasteiger partial charge on any atom is 0.254 e. The first-order valence-electron chi connectivity index (χ1n) is 11.7. The molecule has 0 radical (unpaired) electrons. The van der Waals surface area contributed by atoms with Crippen LogP contribution < -0.4 is 9.47 Å². The molecule has 2 aromatic carbocycles. The molecule has 184 valence electrons. The highest BCUT2D eigenvalue weighted by molar-refractivity contribution is 5.97. The van der Waals surface area contributed by atoms with Crippen LogP contribution in [0.15, 0.2) is 60.8 Å². The Morgan fingerprint density at radius 1 is 1.03 bits per heavy atom. The molecule has 0 fully saturated rings. The van der Waals surface area contributed by atoms with Crippen LogP contribution >= 0.6 is 0 Å². The number of ether oxygens (including phenoxy) is 2. The number of hydrogen-bond acceptors (Lipinski definition) is 4. The number of carbonyl (C=O) groups excluding carboxylic acids is 2. The van der Waals surface area contributed by atoms with E-state index < -0.39 is 6.04 Å². The van der Waals surface area contributed by atoms with E-state index in [1.54, 1.807) is 34.1 Å². The third kappa shape index (κ3) is 5.16. The minimum absolute atomic E-state index is 0.0846. The summed E-state index contributed by atoms with van der Waals surface area (Å²) in [7, 11) is 3.05. The fourth-order valence-corrected chi connectivity index (χ4v) is 4.57. The summed E-state index contributed by atoms with van der Waals surface area (Å²) in [6.07, 6.45) is 2.66. The summed E-state index contributed by atoms with van der Waals surface area (Å²) in [4.78, 5) is 30.4. The zero-order valence-electron chi connectivity index (χ0n) is 20.2. The standard InChI is InChI=1S/C27H30FN3O4/c1-4-10-30(27(33)20-15-22(34-2)17-23(16-20)35-3)18-25(32)31-13-12-29-11-6-9-24(29)26(31)19-7-5-8-21(28)14-19/h5-9,11,14-17,26H,4,10,12-13,18H2,1-3H3. The molecule has 4 rings (SSSR count). The van der Waals surface area contributed by atoms with Gasteiger partial charge in [0.15, 0.2) is 0 Å². The lowest BCUT2D eigenvalue weighted by atomic mass is 9.99. The molecule has 3 aromatic rings. The highest BCUT2D eigenvalue weighted by atomic mass is 19.1. The maximum absolute atomic E-state index is 14.1. The van der Waals surface area contributed by atoms with Crippen LogP contribution in [0.5, 0.6) is 11.5 Å². The second-order valence-electron chi connectivity index (χ2n) is 8.50. The fourth-order valence-electron chi connectivity index (χ4n) is 4.57. The Kier molecular flexibility index (Phi) is 7.39. The van der Waals surface area contributed by atoms with E-state index in [4.69, 9.17) is 9.47 Å². The van der Waals surface area contributed by atoms with E-state index in [9.17, 15) is 14.0 Å².